The number of amides is 3. The van der Waals surface area contributed by atoms with Crippen LogP contribution in [-0.4, -0.2) is 48.5 Å². The number of likely N-dealkylation sites (N-methyl/N-ethyl adjacent to an activating group) is 1. The molecule has 1 aromatic rings. The van der Waals surface area contributed by atoms with Gasteiger partial charge >= 0.3 is 6.03 Å². The van der Waals surface area contributed by atoms with Crippen molar-refractivity contribution in [2.24, 2.45) is 0 Å². The van der Waals surface area contributed by atoms with Crippen molar-refractivity contribution >= 4 is 23.5 Å². The zero-order valence-corrected chi connectivity index (χ0v) is 11.0. The molecule has 2 rings (SSSR count). The maximum Gasteiger partial charge on any atom is 0.327 e. The number of benzene rings is 1. The highest BCUT2D eigenvalue weighted by Gasteiger charge is 2.32. The molecular weight excluding hydrogens is 275 g/mol. The summed E-state index contributed by atoms with van der Waals surface area (Å²) < 4.78 is 18.4. The average Bonchev–Trinajstić information content (AvgIpc) is 2.60. The fourth-order valence-corrected chi connectivity index (χ4v) is 1.83. The van der Waals surface area contributed by atoms with Crippen molar-refractivity contribution in [2.75, 3.05) is 26.7 Å². The third-order valence-electron chi connectivity index (χ3n) is 2.71. The van der Waals surface area contributed by atoms with E-state index in [1.165, 1.54) is 17.0 Å². The molecule has 1 fully saturated rings. The van der Waals surface area contributed by atoms with Crippen LogP contribution in [0.1, 0.15) is 0 Å². The molecule has 3 amide bonds. The van der Waals surface area contributed by atoms with E-state index in [1.54, 1.807) is 7.05 Å². The Morgan fingerprint density at radius 1 is 1.42 bits per heavy atom. The Labute approximate surface area is 114 Å². The van der Waals surface area contributed by atoms with Crippen LogP contribution >= 0.6 is 11.6 Å². The van der Waals surface area contributed by atoms with Crippen LogP contribution in [0, 0.1) is 5.82 Å². The fourth-order valence-electron chi connectivity index (χ4n) is 1.71. The summed E-state index contributed by atoms with van der Waals surface area (Å²) in [7, 11) is 1.55. The molecule has 0 unspecified atom stereocenters. The van der Waals surface area contributed by atoms with E-state index in [0.717, 1.165) is 11.0 Å². The first-order chi connectivity index (χ1) is 8.99. The third kappa shape index (κ3) is 2.96. The number of carbonyl (C=O) groups is 2. The van der Waals surface area contributed by atoms with Crippen molar-refractivity contribution in [1.82, 2.24) is 9.80 Å². The Hall–Kier alpha value is -1.82. The van der Waals surface area contributed by atoms with Gasteiger partial charge in [-0.3, -0.25) is 9.69 Å². The standard InChI is InChI=1S/C12H12ClFN2O3/c1-15-7-11(17)16(12(15)18)4-5-19-8-2-3-9(13)10(14)6-8/h2-3,6H,4-5,7H2,1H3. The largest absolute Gasteiger partial charge is 0.492 e. The second-order valence-electron chi connectivity index (χ2n) is 4.11. The molecule has 1 aromatic carbocycles. The average molecular weight is 287 g/mol. The van der Waals surface area contributed by atoms with Crippen LogP contribution in [0.15, 0.2) is 18.2 Å². The van der Waals surface area contributed by atoms with Gasteiger partial charge in [0.1, 0.15) is 24.7 Å². The van der Waals surface area contributed by atoms with Crippen molar-refractivity contribution in [3.05, 3.63) is 29.0 Å². The van der Waals surface area contributed by atoms with Gasteiger partial charge in [-0.05, 0) is 12.1 Å². The van der Waals surface area contributed by atoms with Crippen molar-refractivity contribution in [1.29, 1.82) is 0 Å². The highest BCUT2D eigenvalue weighted by Crippen LogP contribution is 2.20. The molecule has 1 aliphatic heterocycles. The molecule has 0 aliphatic carbocycles. The van der Waals surface area contributed by atoms with Gasteiger partial charge in [-0.25, -0.2) is 9.18 Å². The molecule has 1 saturated heterocycles. The summed E-state index contributed by atoms with van der Waals surface area (Å²) in [5.41, 5.74) is 0. The van der Waals surface area contributed by atoms with Gasteiger partial charge in [-0.15, -0.1) is 0 Å². The second kappa shape index (κ2) is 5.44. The smallest absolute Gasteiger partial charge is 0.327 e. The maximum absolute atomic E-state index is 13.1. The van der Waals surface area contributed by atoms with E-state index in [4.69, 9.17) is 16.3 Å². The van der Waals surface area contributed by atoms with Crippen LogP contribution in [0.25, 0.3) is 0 Å². The fraction of sp³-hybridized carbons (Fsp3) is 0.333. The second-order valence-corrected chi connectivity index (χ2v) is 4.52. The Kier molecular flexibility index (Phi) is 3.90. The van der Waals surface area contributed by atoms with Crippen molar-refractivity contribution in [3.63, 3.8) is 0 Å². The van der Waals surface area contributed by atoms with E-state index in [2.05, 4.69) is 0 Å². The Morgan fingerprint density at radius 3 is 2.74 bits per heavy atom. The molecule has 0 N–H and O–H groups in total. The lowest BCUT2D eigenvalue weighted by Gasteiger charge is -2.14. The van der Waals surface area contributed by atoms with E-state index < -0.39 is 5.82 Å². The Balaban J connectivity index is 1.88. The summed E-state index contributed by atoms with van der Waals surface area (Å²) in [6, 6.07) is 3.70. The molecule has 0 aromatic heterocycles. The summed E-state index contributed by atoms with van der Waals surface area (Å²) in [5, 5.41) is 0.0128. The number of nitrogens with zero attached hydrogens (tertiary/aromatic N) is 2. The minimum absolute atomic E-state index is 0.0128. The monoisotopic (exact) mass is 286 g/mol. The van der Waals surface area contributed by atoms with Gasteiger partial charge < -0.3 is 9.64 Å². The molecule has 0 atom stereocenters. The van der Waals surface area contributed by atoms with Gasteiger partial charge in [-0.2, -0.15) is 0 Å². The number of hydrogen-bond donors (Lipinski definition) is 0. The van der Waals surface area contributed by atoms with Gasteiger partial charge in [0.05, 0.1) is 11.6 Å². The van der Waals surface area contributed by atoms with Gasteiger partial charge in [0, 0.05) is 13.1 Å². The quantitative estimate of drug-likeness (QED) is 0.793. The lowest BCUT2D eigenvalue weighted by molar-refractivity contribution is -0.125. The lowest BCUT2D eigenvalue weighted by Crippen LogP contribution is -2.35. The van der Waals surface area contributed by atoms with E-state index in [0.29, 0.717) is 5.75 Å². The molecule has 1 heterocycles. The minimum atomic E-state index is -0.577. The van der Waals surface area contributed by atoms with E-state index in [9.17, 15) is 14.0 Å². The normalized spacial score (nSPS) is 15.3. The predicted molar refractivity (Wildman–Crippen MR) is 66.6 cm³/mol. The number of hydrogen-bond acceptors (Lipinski definition) is 3. The van der Waals surface area contributed by atoms with E-state index >= 15 is 0 Å². The number of halogens is 2. The SMILES string of the molecule is CN1CC(=O)N(CCOc2ccc(Cl)c(F)c2)C1=O. The van der Waals surface area contributed by atoms with Crippen LogP contribution in [0.4, 0.5) is 9.18 Å². The van der Waals surface area contributed by atoms with Gasteiger partial charge in [-0.1, -0.05) is 11.6 Å². The molecule has 5 nitrogen and oxygen atoms in total. The van der Waals surface area contributed by atoms with Gasteiger partial charge in [0.2, 0.25) is 5.91 Å². The topological polar surface area (TPSA) is 49.9 Å². The molecule has 102 valence electrons. The lowest BCUT2D eigenvalue weighted by atomic mass is 10.3. The van der Waals surface area contributed by atoms with Crippen LogP contribution in [0.3, 0.4) is 0 Å². The molecular formula is C12H12ClFN2O3. The summed E-state index contributed by atoms with van der Waals surface area (Å²) in [4.78, 5) is 25.4. The first kappa shape index (κ1) is 13.6. The number of carbonyl (C=O) groups excluding carboxylic acids is 2. The number of imide groups is 1. The summed E-state index contributed by atoms with van der Waals surface area (Å²) in [5.74, 6) is -0.542. The first-order valence-corrected chi connectivity index (χ1v) is 6.00. The van der Waals surface area contributed by atoms with Gasteiger partial charge in [0.15, 0.2) is 0 Å². The third-order valence-corrected chi connectivity index (χ3v) is 3.01. The zero-order valence-electron chi connectivity index (χ0n) is 10.2. The van der Waals surface area contributed by atoms with Crippen LogP contribution in [-0.2, 0) is 4.79 Å². The summed E-state index contributed by atoms with van der Waals surface area (Å²) in [6.07, 6.45) is 0. The molecule has 0 spiro atoms. The number of urea groups is 1. The van der Waals surface area contributed by atoms with Crippen molar-refractivity contribution < 1.29 is 18.7 Å². The predicted octanol–water partition coefficient (Wildman–Crippen LogP) is 1.75. The van der Waals surface area contributed by atoms with Crippen LogP contribution in [0.2, 0.25) is 5.02 Å². The van der Waals surface area contributed by atoms with E-state index in [1.807, 2.05) is 0 Å². The molecule has 7 heteroatoms. The molecule has 0 saturated carbocycles. The van der Waals surface area contributed by atoms with Crippen LogP contribution in [0.5, 0.6) is 5.75 Å². The van der Waals surface area contributed by atoms with E-state index in [-0.39, 0.29) is 36.7 Å². The van der Waals surface area contributed by atoms with Crippen molar-refractivity contribution in [2.45, 2.75) is 0 Å². The summed E-state index contributed by atoms with van der Waals surface area (Å²) in [6.45, 7) is 0.313. The van der Waals surface area contributed by atoms with Crippen molar-refractivity contribution in [3.8, 4) is 5.75 Å². The van der Waals surface area contributed by atoms with Gasteiger partial charge in [0.25, 0.3) is 0 Å². The first-order valence-electron chi connectivity index (χ1n) is 5.62. The van der Waals surface area contributed by atoms with Crippen LogP contribution < -0.4 is 4.74 Å². The molecule has 0 bridgehead atoms. The Bertz CT molecular complexity index is 524. The molecule has 19 heavy (non-hydrogen) atoms. The maximum atomic E-state index is 13.1. The number of rotatable bonds is 4. The Morgan fingerprint density at radius 2 is 2.16 bits per heavy atom. The molecule has 1 aliphatic rings. The highest BCUT2D eigenvalue weighted by molar-refractivity contribution is 6.30. The highest BCUT2D eigenvalue weighted by atomic mass is 35.5. The zero-order chi connectivity index (χ0) is 14.0. The number of ether oxygens (including phenoxy) is 1. The molecule has 0 radical (unpaired) electrons. The minimum Gasteiger partial charge on any atom is -0.492 e. The summed E-state index contributed by atoms with van der Waals surface area (Å²) >= 11 is 5.54.